The highest BCUT2D eigenvalue weighted by Gasteiger charge is 2.21. The van der Waals surface area contributed by atoms with Crippen molar-refractivity contribution in [2.75, 3.05) is 10.0 Å². The molecule has 0 aliphatic rings. The van der Waals surface area contributed by atoms with E-state index in [0.717, 1.165) is 0 Å². The lowest BCUT2D eigenvalue weighted by Gasteiger charge is -2.15. The normalized spacial score (nSPS) is 12.1. The second kappa shape index (κ2) is 10.2. The van der Waals surface area contributed by atoms with E-state index < -0.39 is 22.2 Å². The van der Waals surface area contributed by atoms with Crippen molar-refractivity contribution < 1.29 is 22.5 Å². The molecule has 0 fully saturated rings. The number of carbonyl (C=O) groups is 1. The first-order valence-electron chi connectivity index (χ1n) is 10.5. The minimum absolute atomic E-state index is 0.0472. The molecule has 0 bridgehead atoms. The van der Waals surface area contributed by atoms with Crippen LogP contribution in [0, 0.1) is 6.92 Å². The first kappa shape index (κ1) is 24.2. The molecular weight excluding hydrogens is 492 g/mol. The lowest BCUT2D eigenvalue weighted by molar-refractivity contribution is 0.121. The monoisotopic (exact) mass is 512 g/mol. The highest BCUT2D eigenvalue weighted by molar-refractivity contribution is 7.92. The lowest BCUT2D eigenvalue weighted by atomic mass is 10.1. The second-order valence-corrected chi connectivity index (χ2v) is 9.63. The first-order valence-corrected chi connectivity index (χ1v) is 12.3. The van der Waals surface area contributed by atoms with E-state index >= 15 is 0 Å². The van der Waals surface area contributed by atoms with Gasteiger partial charge in [0.1, 0.15) is 22.4 Å². The molecule has 4 rings (SSSR count). The molecule has 0 saturated carbocycles. The van der Waals surface area contributed by atoms with Gasteiger partial charge in [-0.25, -0.2) is 13.2 Å². The van der Waals surface area contributed by atoms with Crippen LogP contribution in [-0.2, 0) is 14.8 Å². The molecule has 1 atom stereocenters. The predicted molar refractivity (Wildman–Crippen MR) is 132 cm³/mol. The number of carbonyl (C=O) groups excluding carboxylic acids is 1. The number of ether oxygens (including phenoxy) is 1. The number of aryl methyl sites for hydroxylation is 1. The molecule has 1 amide bonds. The maximum absolute atomic E-state index is 12.6. The summed E-state index contributed by atoms with van der Waals surface area (Å²) in [5.41, 5.74) is 2.38. The van der Waals surface area contributed by atoms with Crippen LogP contribution >= 0.6 is 11.6 Å². The Morgan fingerprint density at radius 2 is 1.83 bits per heavy atom. The van der Waals surface area contributed by atoms with E-state index in [4.69, 9.17) is 20.9 Å². The molecule has 2 heterocycles. The van der Waals surface area contributed by atoms with Gasteiger partial charge in [0, 0.05) is 34.2 Å². The number of rotatable bonds is 7. The van der Waals surface area contributed by atoms with Crippen LogP contribution in [0.1, 0.15) is 24.3 Å². The van der Waals surface area contributed by atoms with Gasteiger partial charge in [-0.15, -0.1) is 0 Å². The molecule has 1 unspecified atom stereocenters. The van der Waals surface area contributed by atoms with Crippen LogP contribution in [0.4, 0.5) is 16.2 Å². The first-order chi connectivity index (χ1) is 16.7. The summed E-state index contributed by atoms with van der Waals surface area (Å²) in [4.78, 5) is 16.4. The summed E-state index contributed by atoms with van der Waals surface area (Å²) in [5, 5.41) is 7.10. The van der Waals surface area contributed by atoms with Crippen LogP contribution in [0.2, 0.25) is 5.02 Å². The molecule has 2 aromatic carbocycles. The Kier molecular flexibility index (Phi) is 7.04. The third-order valence-electron chi connectivity index (χ3n) is 5.06. The van der Waals surface area contributed by atoms with E-state index in [1.54, 1.807) is 62.4 Å². The largest absolute Gasteiger partial charge is 0.441 e. The van der Waals surface area contributed by atoms with Crippen molar-refractivity contribution in [3.63, 3.8) is 0 Å². The van der Waals surface area contributed by atoms with E-state index in [1.165, 1.54) is 18.5 Å². The van der Waals surface area contributed by atoms with Crippen LogP contribution in [0.15, 0.2) is 82.5 Å². The summed E-state index contributed by atoms with van der Waals surface area (Å²) in [7, 11) is -3.78. The average Bonchev–Trinajstić information content (AvgIpc) is 3.20. The molecule has 0 saturated heterocycles. The van der Waals surface area contributed by atoms with E-state index in [2.05, 4.69) is 20.2 Å². The van der Waals surface area contributed by atoms with Gasteiger partial charge in [-0.05, 0) is 56.3 Å². The van der Waals surface area contributed by atoms with Gasteiger partial charge in [-0.3, -0.25) is 15.0 Å². The molecule has 180 valence electrons. The van der Waals surface area contributed by atoms with Crippen LogP contribution < -0.4 is 10.0 Å². The number of hydrogen-bond donors (Lipinski definition) is 2. The van der Waals surface area contributed by atoms with Crippen molar-refractivity contribution in [2.24, 2.45) is 0 Å². The van der Waals surface area contributed by atoms with Crippen LogP contribution in [0.5, 0.6) is 0 Å². The average molecular weight is 513 g/mol. The fourth-order valence-electron chi connectivity index (χ4n) is 3.28. The van der Waals surface area contributed by atoms with Crippen molar-refractivity contribution in [3.05, 3.63) is 89.3 Å². The van der Waals surface area contributed by atoms with Crippen LogP contribution in [0.3, 0.4) is 0 Å². The number of benzene rings is 2. The van der Waals surface area contributed by atoms with Crippen molar-refractivity contribution >= 4 is 39.1 Å². The standard InChI is InChI=1S/C24H21ClN4O5S/c1-15-22(27-24(30)33-16(2)20-7-3-4-8-21(20)25)23(34-28-15)17-9-11-18(12-10-17)29-35(31,32)19-6-5-13-26-14-19/h3-14,16,29H,1-2H3,(H,27,30). The van der Waals surface area contributed by atoms with Gasteiger partial charge < -0.3 is 9.26 Å². The third-order valence-corrected chi connectivity index (χ3v) is 6.77. The Bertz CT molecular complexity index is 1440. The lowest BCUT2D eigenvalue weighted by Crippen LogP contribution is -2.17. The van der Waals surface area contributed by atoms with E-state index in [0.29, 0.717) is 39.0 Å². The quantitative estimate of drug-likeness (QED) is 0.320. The Morgan fingerprint density at radius 1 is 1.09 bits per heavy atom. The molecule has 0 aliphatic heterocycles. The van der Waals surface area contributed by atoms with Crippen molar-refractivity contribution in [1.29, 1.82) is 0 Å². The number of hydrogen-bond acceptors (Lipinski definition) is 7. The second-order valence-electron chi connectivity index (χ2n) is 7.54. The molecule has 35 heavy (non-hydrogen) atoms. The third kappa shape index (κ3) is 5.61. The summed E-state index contributed by atoms with van der Waals surface area (Å²) < 4.78 is 38.4. The van der Waals surface area contributed by atoms with Gasteiger partial charge in [0.15, 0.2) is 5.76 Å². The zero-order chi connectivity index (χ0) is 25.0. The summed E-state index contributed by atoms with van der Waals surface area (Å²) >= 11 is 6.18. The number of sulfonamides is 1. The van der Waals surface area contributed by atoms with Crippen LogP contribution in [0.25, 0.3) is 11.3 Å². The summed E-state index contributed by atoms with van der Waals surface area (Å²) in [6, 6.07) is 16.5. The fraction of sp³-hybridized carbons (Fsp3) is 0.125. The summed E-state index contributed by atoms with van der Waals surface area (Å²) in [6.45, 7) is 3.39. The Labute approximate surface area is 207 Å². The van der Waals surface area contributed by atoms with Crippen LogP contribution in [-0.4, -0.2) is 24.7 Å². The molecule has 9 nitrogen and oxygen atoms in total. The van der Waals surface area contributed by atoms with E-state index in [1.807, 2.05) is 6.07 Å². The number of pyridine rings is 1. The Balaban J connectivity index is 1.48. The molecule has 2 N–H and O–H groups in total. The molecule has 11 heteroatoms. The fourth-order valence-corrected chi connectivity index (χ4v) is 4.60. The molecule has 0 spiro atoms. The van der Waals surface area contributed by atoms with Gasteiger partial charge >= 0.3 is 6.09 Å². The zero-order valence-corrected chi connectivity index (χ0v) is 20.3. The van der Waals surface area contributed by atoms with Gasteiger partial charge in [0.2, 0.25) is 0 Å². The van der Waals surface area contributed by atoms with Crippen molar-refractivity contribution in [1.82, 2.24) is 10.1 Å². The SMILES string of the molecule is Cc1noc(-c2ccc(NS(=O)(=O)c3cccnc3)cc2)c1NC(=O)OC(C)c1ccccc1Cl. The van der Waals surface area contributed by atoms with Gasteiger partial charge in [-0.2, -0.15) is 0 Å². The van der Waals surface area contributed by atoms with E-state index in [-0.39, 0.29) is 4.90 Å². The molecule has 4 aromatic rings. The van der Waals surface area contributed by atoms with Crippen molar-refractivity contribution in [3.8, 4) is 11.3 Å². The maximum Gasteiger partial charge on any atom is 0.412 e. The smallest absolute Gasteiger partial charge is 0.412 e. The molecule has 0 radical (unpaired) electrons. The number of halogens is 1. The number of anilines is 2. The Morgan fingerprint density at radius 3 is 2.51 bits per heavy atom. The molecule has 0 aliphatic carbocycles. The predicted octanol–water partition coefficient (Wildman–Crippen LogP) is 5.81. The molecular formula is C24H21ClN4O5S. The number of aromatic nitrogens is 2. The van der Waals surface area contributed by atoms with Gasteiger partial charge in [0.25, 0.3) is 10.0 Å². The highest BCUT2D eigenvalue weighted by Crippen LogP contribution is 2.33. The summed E-state index contributed by atoms with van der Waals surface area (Å²) in [6.07, 6.45) is 1.47. The maximum atomic E-state index is 12.6. The summed E-state index contributed by atoms with van der Waals surface area (Å²) in [5.74, 6) is 0.298. The zero-order valence-electron chi connectivity index (χ0n) is 18.7. The number of amides is 1. The highest BCUT2D eigenvalue weighted by atomic mass is 35.5. The Hall–Kier alpha value is -3.89. The van der Waals surface area contributed by atoms with Crippen molar-refractivity contribution in [2.45, 2.75) is 24.8 Å². The minimum atomic E-state index is -3.78. The van der Waals surface area contributed by atoms with Gasteiger partial charge in [-0.1, -0.05) is 35.0 Å². The minimum Gasteiger partial charge on any atom is -0.441 e. The topological polar surface area (TPSA) is 123 Å². The van der Waals surface area contributed by atoms with Gasteiger partial charge in [0.05, 0.1) is 0 Å². The number of nitrogens with one attached hydrogen (secondary N) is 2. The van der Waals surface area contributed by atoms with E-state index in [9.17, 15) is 13.2 Å². The molecule has 2 aromatic heterocycles. The number of nitrogens with zero attached hydrogens (tertiary/aromatic N) is 2.